The van der Waals surface area contributed by atoms with E-state index in [0.29, 0.717) is 0 Å². The Bertz CT molecular complexity index is 562. The van der Waals surface area contributed by atoms with Gasteiger partial charge < -0.3 is 9.84 Å². The molecule has 0 unspecified atom stereocenters. The lowest BCUT2D eigenvalue weighted by atomic mass is 10.2. The molecule has 6 nitrogen and oxygen atoms in total. The molecule has 0 amide bonds. The summed E-state index contributed by atoms with van der Waals surface area (Å²) in [6, 6.07) is 3.62. The van der Waals surface area contributed by atoms with Gasteiger partial charge in [0.1, 0.15) is 10.6 Å². The summed E-state index contributed by atoms with van der Waals surface area (Å²) in [7, 11) is -4.00. The lowest BCUT2D eigenvalue weighted by Gasteiger charge is -2.09. The molecular weight excluding hydrogens is 246 g/mol. The van der Waals surface area contributed by atoms with Crippen LogP contribution >= 0.6 is 0 Å². The van der Waals surface area contributed by atoms with Crippen molar-refractivity contribution < 1.29 is 23.1 Å². The van der Waals surface area contributed by atoms with Crippen LogP contribution in [-0.4, -0.2) is 25.6 Å². The Labute approximate surface area is 98.1 Å². The number of sulfonamides is 1. The van der Waals surface area contributed by atoms with Gasteiger partial charge in [-0.15, -0.1) is 0 Å². The molecule has 1 aromatic rings. The fraction of sp³-hybridized carbons (Fsp3) is 0.300. The molecule has 92 valence electrons. The summed E-state index contributed by atoms with van der Waals surface area (Å²) in [5.41, 5.74) is -0.142. The predicted molar refractivity (Wildman–Crippen MR) is 58.4 cm³/mol. The van der Waals surface area contributed by atoms with Crippen molar-refractivity contribution in [1.29, 1.82) is 0 Å². The van der Waals surface area contributed by atoms with E-state index in [1.165, 1.54) is 12.1 Å². The van der Waals surface area contributed by atoms with E-state index in [1.807, 2.05) is 0 Å². The van der Waals surface area contributed by atoms with E-state index in [2.05, 4.69) is 0 Å². The molecule has 1 saturated carbocycles. The van der Waals surface area contributed by atoms with Gasteiger partial charge in [-0.05, 0) is 31.0 Å². The molecule has 17 heavy (non-hydrogen) atoms. The van der Waals surface area contributed by atoms with E-state index >= 15 is 0 Å². The number of benzene rings is 1. The molecule has 0 aromatic heterocycles. The average Bonchev–Trinajstić information content (AvgIpc) is 3.00. The molecule has 0 spiro atoms. The molecule has 7 heteroatoms. The van der Waals surface area contributed by atoms with Gasteiger partial charge in [-0.2, -0.15) is 0 Å². The maximum absolute atomic E-state index is 11.3. The minimum absolute atomic E-state index is 0.00572. The van der Waals surface area contributed by atoms with Gasteiger partial charge in [-0.3, -0.25) is 0 Å². The molecule has 0 atom stereocenters. The number of carboxylic acids is 1. The first-order chi connectivity index (χ1) is 7.88. The van der Waals surface area contributed by atoms with Gasteiger partial charge in [0.2, 0.25) is 10.0 Å². The Morgan fingerprint density at radius 3 is 2.53 bits per heavy atom. The Balaban J connectivity index is 2.47. The van der Waals surface area contributed by atoms with E-state index in [-0.39, 0.29) is 22.3 Å². The highest BCUT2D eigenvalue weighted by Gasteiger charge is 2.27. The summed E-state index contributed by atoms with van der Waals surface area (Å²) < 4.78 is 28.0. The Morgan fingerprint density at radius 2 is 2.06 bits per heavy atom. The number of ether oxygens (including phenoxy) is 1. The standard InChI is InChI=1S/C10H11NO5S/c11-17(14,15)9-5-6(10(12)13)1-4-8(9)16-7-2-3-7/h1,4-5,7H,2-3H2,(H,12,13)(H2,11,14,15). The van der Waals surface area contributed by atoms with Crippen molar-refractivity contribution in [2.45, 2.75) is 23.8 Å². The summed E-state index contributed by atoms with van der Waals surface area (Å²) in [6.45, 7) is 0. The van der Waals surface area contributed by atoms with Gasteiger partial charge in [0, 0.05) is 0 Å². The third kappa shape index (κ3) is 2.75. The number of primary sulfonamides is 1. The van der Waals surface area contributed by atoms with Crippen LogP contribution in [0.2, 0.25) is 0 Å². The second kappa shape index (κ2) is 4.01. The van der Waals surface area contributed by atoms with Crippen LogP contribution in [0, 0.1) is 0 Å². The van der Waals surface area contributed by atoms with Crippen molar-refractivity contribution in [3.63, 3.8) is 0 Å². The second-order valence-electron chi connectivity index (χ2n) is 3.83. The van der Waals surface area contributed by atoms with Crippen molar-refractivity contribution in [3.05, 3.63) is 23.8 Å². The quantitative estimate of drug-likeness (QED) is 0.820. The van der Waals surface area contributed by atoms with Crippen molar-refractivity contribution in [3.8, 4) is 5.75 Å². The SMILES string of the molecule is NS(=O)(=O)c1cc(C(=O)O)ccc1OC1CC1. The molecule has 0 saturated heterocycles. The van der Waals surface area contributed by atoms with E-state index in [1.54, 1.807) is 0 Å². The Kier molecular flexibility index (Phi) is 2.80. The van der Waals surface area contributed by atoms with Gasteiger partial charge in [0.15, 0.2) is 0 Å². The van der Waals surface area contributed by atoms with Crippen LogP contribution < -0.4 is 9.88 Å². The number of nitrogens with two attached hydrogens (primary N) is 1. The Morgan fingerprint density at radius 1 is 1.41 bits per heavy atom. The average molecular weight is 257 g/mol. The number of hydrogen-bond acceptors (Lipinski definition) is 4. The van der Waals surface area contributed by atoms with E-state index in [9.17, 15) is 13.2 Å². The second-order valence-corrected chi connectivity index (χ2v) is 5.36. The number of carbonyl (C=O) groups is 1. The maximum Gasteiger partial charge on any atom is 0.335 e. The topological polar surface area (TPSA) is 107 Å². The monoisotopic (exact) mass is 257 g/mol. The fourth-order valence-electron chi connectivity index (χ4n) is 1.33. The largest absolute Gasteiger partial charge is 0.489 e. The molecule has 1 aliphatic carbocycles. The summed E-state index contributed by atoms with van der Waals surface area (Å²) in [5, 5.41) is 13.8. The first-order valence-corrected chi connectivity index (χ1v) is 6.49. The molecule has 1 aromatic carbocycles. The van der Waals surface area contributed by atoms with Crippen molar-refractivity contribution in [2.24, 2.45) is 5.14 Å². The molecule has 0 aliphatic heterocycles. The summed E-state index contributed by atoms with van der Waals surface area (Å²) >= 11 is 0. The molecular formula is C10H11NO5S. The van der Waals surface area contributed by atoms with Crippen LogP contribution in [0.15, 0.2) is 23.1 Å². The van der Waals surface area contributed by atoms with Gasteiger partial charge in [0.25, 0.3) is 0 Å². The van der Waals surface area contributed by atoms with E-state index < -0.39 is 16.0 Å². The lowest BCUT2D eigenvalue weighted by molar-refractivity contribution is 0.0696. The molecule has 0 radical (unpaired) electrons. The van der Waals surface area contributed by atoms with Crippen LogP contribution in [0.5, 0.6) is 5.75 Å². The highest BCUT2D eigenvalue weighted by Crippen LogP contribution is 2.31. The number of hydrogen-bond donors (Lipinski definition) is 2. The molecule has 0 heterocycles. The van der Waals surface area contributed by atoms with Gasteiger partial charge >= 0.3 is 5.97 Å². The third-order valence-electron chi connectivity index (χ3n) is 2.32. The van der Waals surface area contributed by atoms with Crippen molar-refractivity contribution in [1.82, 2.24) is 0 Å². The van der Waals surface area contributed by atoms with Crippen LogP contribution in [0.4, 0.5) is 0 Å². The summed E-state index contributed by atoms with van der Waals surface area (Å²) in [6.07, 6.45) is 1.74. The molecule has 2 rings (SSSR count). The first kappa shape index (κ1) is 11.9. The third-order valence-corrected chi connectivity index (χ3v) is 3.25. The lowest BCUT2D eigenvalue weighted by Crippen LogP contribution is -2.15. The zero-order valence-electron chi connectivity index (χ0n) is 8.79. The van der Waals surface area contributed by atoms with Crippen LogP contribution in [-0.2, 0) is 10.0 Å². The molecule has 1 fully saturated rings. The van der Waals surface area contributed by atoms with Crippen LogP contribution in [0.3, 0.4) is 0 Å². The zero-order valence-corrected chi connectivity index (χ0v) is 9.61. The number of carboxylic acid groups (broad SMARTS) is 1. The molecule has 1 aliphatic rings. The minimum atomic E-state index is -4.00. The smallest absolute Gasteiger partial charge is 0.335 e. The number of aromatic carboxylic acids is 1. The fourth-order valence-corrected chi connectivity index (χ4v) is 2.01. The first-order valence-electron chi connectivity index (χ1n) is 4.95. The van der Waals surface area contributed by atoms with Gasteiger partial charge in [-0.1, -0.05) is 0 Å². The highest BCUT2D eigenvalue weighted by atomic mass is 32.2. The summed E-state index contributed by atoms with van der Waals surface area (Å²) in [4.78, 5) is 10.5. The predicted octanol–water partition coefficient (Wildman–Crippen LogP) is 0.573. The highest BCUT2D eigenvalue weighted by molar-refractivity contribution is 7.89. The molecule has 0 bridgehead atoms. The normalized spacial score (nSPS) is 15.6. The van der Waals surface area contributed by atoms with E-state index in [0.717, 1.165) is 18.9 Å². The molecule has 3 N–H and O–H groups in total. The van der Waals surface area contributed by atoms with Gasteiger partial charge in [-0.25, -0.2) is 18.4 Å². The van der Waals surface area contributed by atoms with Gasteiger partial charge in [0.05, 0.1) is 11.7 Å². The van der Waals surface area contributed by atoms with Crippen molar-refractivity contribution >= 4 is 16.0 Å². The number of rotatable bonds is 4. The summed E-state index contributed by atoms with van der Waals surface area (Å²) in [5.74, 6) is -1.10. The zero-order chi connectivity index (χ0) is 12.6. The van der Waals surface area contributed by atoms with E-state index in [4.69, 9.17) is 15.0 Å². The van der Waals surface area contributed by atoms with Crippen LogP contribution in [0.1, 0.15) is 23.2 Å². The minimum Gasteiger partial charge on any atom is -0.489 e. The maximum atomic E-state index is 11.3. The Hall–Kier alpha value is -1.60. The van der Waals surface area contributed by atoms with Crippen molar-refractivity contribution in [2.75, 3.05) is 0 Å². The van der Waals surface area contributed by atoms with Crippen LogP contribution in [0.25, 0.3) is 0 Å².